The molecule has 0 spiro atoms. The smallest absolute Gasteiger partial charge is 0.318 e. The third-order valence-electron chi connectivity index (χ3n) is 8.04. The van der Waals surface area contributed by atoms with Crippen molar-refractivity contribution in [2.24, 2.45) is 11.1 Å². The van der Waals surface area contributed by atoms with Gasteiger partial charge in [0.1, 0.15) is 0 Å². The van der Waals surface area contributed by atoms with Crippen LogP contribution < -0.4 is 11.1 Å². The number of allylic oxidation sites excluding steroid dienone is 8. The monoisotopic (exact) mass is 513 g/mol. The Labute approximate surface area is 223 Å². The van der Waals surface area contributed by atoms with Crippen LogP contribution in [-0.2, 0) is 9.53 Å². The van der Waals surface area contributed by atoms with E-state index in [-0.39, 0.29) is 12.5 Å². The number of hydrogen-bond acceptors (Lipinski definition) is 5. The Morgan fingerprint density at radius 2 is 2.05 bits per heavy atom. The molecule has 1 saturated heterocycles. The van der Waals surface area contributed by atoms with Crippen molar-refractivity contribution in [2.45, 2.75) is 91.2 Å². The molecule has 1 heterocycles. The lowest BCUT2D eigenvalue weighted by Gasteiger charge is -2.58. The van der Waals surface area contributed by atoms with Gasteiger partial charge in [0, 0.05) is 24.4 Å². The molecule has 1 aliphatic carbocycles. The van der Waals surface area contributed by atoms with Crippen LogP contribution in [0, 0.1) is 5.41 Å². The number of nitrogens with two attached hydrogens (primary N) is 1. The van der Waals surface area contributed by atoms with E-state index in [2.05, 4.69) is 35.4 Å². The van der Waals surface area contributed by atoms with Crippen LogP contribution in [0.5, 0.6) is 0 Å². The summed E-state index contributed by atoms with van der Waals surface area (Å²) in [6, 6.07) is -1.11. The van der Waals surface area contributed by atoms with E-state index in [0.29, 0.717) is 25.1 Å². The highest BCUT2D eigenvalue weighted by Crippen LogP contribution is 2.54. The van der Waals surface area contributed by atoms with Crippen molar-refractivity contribution in [3.05, 3.63) is 58.9 Å². The lowest BCUT2D eigenvalue weighted by molar-refractivity contribution is -0.165. The minimum absolute atomic E-state index is 0.0593. The Balaban J connectivity index is 2.64. The van der Waals surface area contributed by atoms with Crippen molar-refractivity contribution in [1.82, 2.24) is 10.2 Å². The van der Waals surface area contributed by atoms with Crippen molar-refractivity contribution >= 4 is 11.9 Å². The van der Waals surface area contributed by atoms with Gasteiger partial charge in [0.25, 0.3) is 0 Å². The first-order valence-electron chi connectivity index (χ1n) is 13.5. The van der Waals surface area contributed by atoms with Crippen LogP contribution in [0.25, 0.3) is 0 Å². The summed E-state index contributed by atoms with van der Waals surface area (Å²) >= 11 is 0. The summed E-state index contributed by atoms with van der Waals surface area (Å²) in [4.78, 5) is 27.1. The first-order valence-corrected chi connectivity index (χ1v) is 13.5. The predicted molar refractivity (Wildman–Crippen MR) is 150 cm³/mol. The van der Waals surface area contributed by atoms with E-state index in [0.717, 1.165) is 43.4 Å². The Bertz CT molecular complexity index is 977. The summed E-state index contributed by atoms with van der Waals surface area (Å²) < 4.78 is 5.52. The van der Waals surface area contributed by atoms with E-state index >= 15 is 0 Å². The average Bonchev–Trinajstić information content (AvgIpc) is 2.85. The van der Waals surface area contributed by atoms with Crippen molar-refractivity contribution in [3.8, 4) is 0 Å². The molecular weight excluding hydrogens is 466 g/mol. The Hall–Kier alpha value is -2.64. The molecule has 0 bridgehead atoms. The molecule has 0 aromatic heterocycles. The highest BCUT2D eigenvalue weighted by molar-refractivity contribution is 5.94. The molecule has 3 unspecified atom stereocenters. The number of methoxy groups -OCH3 is 1. The minimum atomic E-state index is -1.24. The van der Waals surface area contributed by atoms with E-state index in [4.69, 9.17) is 10.5 Å². The number of carbonyl (C=O) groups excluding carboxylic acids is 2. The average molecular weight is 514 g/mol. The lowest BCUT2D eigenvalue weighted by Crippen LogP contribution is -2.67. The molecule has 7 nitrogen and oxygen atoms in total. The second-order valence-corrected chi connectivity index (χ2v) is 10.4. The Morgan fingerprint density at radius 3 is 2.62 bits per heavy atom. The molecule has 2 rings (SSSR count). The number of urea groups is 1. The number of imide groups is 1. The highest BCUT2D eigenvalue weighted by atomic mass is 16.5. The van der Waals surface area contributed by atoms with E-state index in [1.807, 2.05) is 45.9 Å². The number of likely N-dealkylation sites (tertiary alicyclic amines) is 1. The summed E-state index contributed by atoms with van der Waals surface area (Å²) in [6.07, 6.45) is 17.4. The standard InChI is InChI=1S/C30H47N3O4/c1-7-12-22(3)26(20-23(4)37-6)29(21-27(34)32-28(31)35)17-19-33(24(5)30(29,36)16-8-2)18-15-25-13-10-9-11-14-25/h7,10,12-14,20,24,36H,8-9,11,15-19,21H2,1-6H3,(H3,31,32,34,35)/b12-7-,23-20+,26-22+. The highest BCUT2D eigenvalue weighted by Gasteiger charge is 2.59. The summed E-state index contributed by atoms with van der Waals surface area (Å²) in [5.41, 5.74) is 6.24. The van der Waals surface area contributed by atoms with Gasteiger partial charge in [0.2, 0.25) is 5.91 Å². The fourth-order valence-corrected chi connectivity index (χ4v) is 6.10. The van der Waals surface area contributed by atoms with Crippen molar-refractivity contribution in [2.75, 3.05) is 20.2 Å². The first-order chi connectivity index (χ1) is 17.5. The lowest BCUT2D eigenvalue weighted by atomic mass is 9.55. The summed E-state index contributed by atoms with van der Waals surface area (Å²) in [7, 11) is 1.61. The van der Waals surface area contributed by atoms with Gasteiger partial charge in [-0.15, -0.1) is 0 Å². The Morgan fingerprint density at radius 1 is 1.32 bits per heavy atom. The van der Waals surface area contributed by atoms with E-state index in [1.54, 1.807) is 7.11 Å². The minimum Gasteiger partial charge on any atom is -0.501 e. The topological polar surface area (TPSA) is 105 Å². The molecule has 0 saturated carbocycles. The zero-order chi connectivity index (χ0) is 27.6. The number of nitrogens with one attached hydrogen (secondary N) is 1. The largest absolute Gasteiger partial charge is 0.501 e. The van der Waals surface area contributed by atoms with Gasteiger partial charge >= 0.3 is 6.03 Å². The van der Waals surface area contributed by atoms with Gasteiger partial charge in [0.05, 0.1) is 18.5 Å². The van der Waals surface area contributed by atoms with E-state index < -0.39 is 23.0 Å². The zero-order valence-corrected chi connectivity index (χ0v) is 23.6. The number of amides is 3. The number of aliphatic hydroxyl groups is 1. The van der Waals surface area contributed by atoms with Gasteiger partial charge in [-0.3, -0.25) is 15.0 Å². The second-order valence-electron chi connectivity index (χ2n) is 10.4. The summed E-state index contributed by atoms with van der Waals surface area (Å²) in [5, 5.41) is 15.0. The van der Waals surface area contributed by atoms with Crippen LogP contribution in [0.15, 0.2) is 58.9 Å². The molecule has 7 heteroatoms. The predicted octanol–water partition coefficient (Wildman–Crippen LogP) is 5.29. The fraction of sp³-hybridized carbons (Fsp3) is 0.600. The normalized spacial score (nSPS) is 27.6. The third kappa shape index (κ3) is 7.23. The number of primary amides is 1. The van der Waals surface area contributed by atoms with E-state index in [1.165, 1.54) is 5.57 Å². The number of carbonyl (C=O) groups is 2. The number of rotatable bonds is 11. The maximum absolute atomic E-state index is 13.1. The molecule has 1 fully saturated rings. The van der Waals surface area contributed by atoms with Crippen LogP contribution in [0.2, 0.25) is 0 Å². The fourth-order valence-electron chi connectivity index (χ4n) is 6.10. The van der Waals surface area contributed by atoms with Gasteiger partial charge in [-0.2, -0.15) is 0 Å². The first kappa shape index (κ1) is 30.6. The van der Waals surface area contributed by atoms with Crippen LogP contribution >= 0.6 is 0 Å². The molecule has 3 atom stereocenters. The van der Waals surface area contributed by atoms with Gasteiger partial charge in [0.15, 0.2) is 0 Å². The maximum atomic E-state index is 13.1. The van der Waals surface area contributed by atoms with E-state index in [9.17, 15) is 14.7 Å². The molecule has 0 aromatic carbocycles. The van der Waals surface area contributed by atoms with Crippen molar-refractivity contribution in [1.29, 1.82) is 0 Å². The number of hydrogen-bond donors (Lipinski definition) is 3. The molecule has 0 aromatic rings. The molecule has 0 radical (unpaired) electrons. The molecule has 3 amide bonds. The molecule has 206 valence electrons. The molecule has 4 N–H and O–H groups in total. The number of ether oxygens (including phenoxy) is 1. The van der Waals surface area contributed by atoms with Gasteiger partial charge in [-0.25, -0.2) is 4.79 Å². The van der Waals surface area contributed by atoms with Crippen LogP contribution in [0.1, 0.15) is 79.6 Å². The van der Waals surface area contributed by atoms with Crippen molar-refractivity contribution < 1.29 is 19.4 Å². The summed E-state index contributed by atoms with van der Waals surface area (Å²) in [6.45, 7) is 11.5. The molecule has 37 heavy (non-hydrogen) atoms. The Kier molecular flexibility index (Phi) is 11.4. The quantitative estimate of drug-likeness (QED) is 0.257. The van der Waals surface area contributed by atoms with Crippen LogP contribution in [0.3, 0.4) is 0 Å². The molecule has 1 aliphatic heterocycles. The van der Waals surface area contributed by atoms with Gasteiger partial charge in [-0.05, 0) is 83.6 Å². The molecule has 2 aliphatic rings. The number of piperidine rings is 1. The van der Waals surface area contributed by atoms with Crippen LogP contribution in [-0.4, -0.2) is 53.8 Å². The number of nitrogens with zero attached hydrogens (tertiary/aromatic N) is 1. The third-order valence-corrected chi connectivity index (χ3v) is 8.04. The van der Waals surface area contributed by atoms with Crippen LogP contribution in [0.4, 0.5) is 4.79 Å². The van der Waals surface area contributed by atoms with Gasteiger partial charge in [-0.1, -0.05) is 49.3 Å². The SMILES string of the molecule is C\C=C/C(C)=C(\C=C(/C)OC)C1(CC(=O)NC(N)=O)CCN(CCC2=CCCC=C2)C(C)C1(O)CCC. The second kappa shape index (κ2) is 13.8. The maximum Gasteiger partial charge on any atom is 0.318 e. The van der Waals surface area contributed by atoms with Crippen molar-refractivity contribution in [3.63, 3.8) is 0 Å². The van der Waals surface area contributed by atoms with Gasteiger partial charge < -0.3 is 15.6 Å². The summed E-state index contributed by atoms with van der Waals surface area (Å²) in [5.74, 6) is 0.188. The zero-order valence-electron chi connectivity index (χ0n) is 23.6. The molecular formula is C30H47N3O4.